The van der Waals surface area contributed by atoms with Gasteiger partial charge in [0.1, 0.15) is 19.3 Å². The number of nitrogens with one attached hydrogen (secondary N) is 1. The van der Waals surface area contributed by atoms with E-state index in [1.54, 1.807) is 0 Å². The summed E-state index contributed by atoms with van der Waals surface area (Å²) in [5.41, 5.74) is 0. The van der Waals surface area contributed by atoms with Crippen LogP contribution in [-0.4, -0.2) is 69.4 Å². The van der Waals surface area contributed by atoms with E-state index in [9.17, 15) is 19.0 Å². The Labute approximate surface area is 464 Å². The van der Waals surface area contributed by atoms with Crippen molar-refractivity contribution in [2.45, 2.75) is 303 Å². The number of allylic oxidation sites excluding steroid dienone is 9. The topological polar surface area (TPSA) is 114 Å². The van der Waals surface area contributed by atoms with Crippen LogP contribution >= 0.6 is 7.82 Å². The number of nitrogens with zero attached hydrogens (tertiary/aromatic N) is 1. The zero-order valence-corrected chi connectivity index (χ0v) is 50.9. The fraction of sp³-hybridized carbons (Fsp3) is 0.815. The highest BCUT2D eigenvalue weighted by Crippen LogP contribution is 2.38. The van der Waals surface area contributed by atoms with Gasteiger partial charge in [-0.3, -0.25) is 14.2 Å². The van der Waals surface area contributed by atoms with Gasteiger partial charge in [-0.2, -0.15) is 0 Å². The molecule has 438 valence electrons. The lowest BCUT2D eigenvalue weighted by Gasteiger charge is -2.30. The smallest absolute Gasteiger partial charge is 0.306 e. The molecule has 9 nitrogen and oxygen atoms in total. The van der Waals surface area contributed by atoms with Crippen molar-refractivity contribution in [3.8, 4) is 0 Å². The number of likely N-dealkylation sites (N-methyl/N-ethyl adjacent to an activating group) is 1. The normalized spacial score (nSPS) is 14.1. The zero-order chi connectivity index (χ0) is 55.0. The van der Waals surface area contributed by atoms with E-state index in [1.165, 1.54) is 167 Å². The van der Waals surface area contributed by atoms with Crippen molar-refractivity contribution in [2.75, 3.05) is 40.9 Å². The van der Waals surface area contributed by atoms with Gasteiger partial charge in [0, 0.05) is 12.8 Å². The maximum atomic E-state index is 13.5. The third-order valence-electron chi connectivity index (χ3n) is 14.0. The number of phosphoric acid groups is 1. The zero-order valence-electron chi connectivity index (χ0n) is 50.0. The number of quaternary nitrogens is 1. The van der Waals surface area contributed by atoms with Crippen LogP contribution in [0.3, 0.4) is 0 Å². The van der Waals surface area contributed by atoms with Crippen LogP contribution in [0, 0.1) is 0 Å². The van der Waals surface area contributed by atoms with Crippen LogP contribution in [-0.2, 0) is 27.9 Å². The van der Waals surface area contributed by atoms with Crippen molar-refractivity contribution in [3.05, 3.63) is 60.8 Å². The molecule has 3 atom stereocenters. The van der Waals surface area contributed by atoms with Crippen molar-refractivity contribution in [3.63, 3.8) is 0 Å². The van der Waals surface area contributed by atoms with E-state index in [0.29, 0.717) is 17.4 Å². The number of hydrogen-bond acceptors (Lipinski definition) is 7. The molecule has 75 heavy (non-hydrogen) atoms. The molecule has 0 saturated heterocycles. The molecule has 0 rings (SSSR count). The van der Waals surface area contributed by atoms with Crippen LogP contribution < -0.4 is 10.2 Å². The predicted molar refractivity (Wildman–Crippen MR) is 321 cm³/mol. The molecule has 1 N–H and O–H groups in total. The van der Waals surface area contributed by atoms with Gasteiger partial charge in [-0.25, -0.2) is 0 Å². The third-order valence-corrected chi connectivity index (χ3v) is 14.9. The molecule has 0 aliphatic carbocycles. The van der Waals surface area contributed by atoms with Gasteiger partial charge in [0.05, 0.1) is 33.8 Å². The lowest BCUT2D eigenvalue weighted by molar-refractivity contribution is -0.870. The monoisotopic (exact) mass is 1070 g/mol. The Morgan fingerprint density at radius 3 is 1.24 bits per heavy atom. The van der Waals surface area contributed by atoms with Crippen LogP contribution in [0.15, 0.2) is 60.8 Å². The Balaban J connectivity index is 5.18. The molecule has 0 aliphatic heterocycles. The van der Waals surface area contributed by atoms with Crippen LogP contribution in [0.4, 0.5) is 0 Å². The molecule has 0 aromatic heterocycles. The molecular weight excluding hydrogens is 952 g/mol. The Bertz CT molecular complexity index is 1470. The second kappa shape index (κ2) is 55.0. The van der Waals surface area contributed by atoms with Gasteiger partial charge in [-0.1, -0.05) is 262 Å². The van der Waals surface area contributed by atoms with Gasteiger partial charge >= 0.3 is 5.97 Å². The number of phosphoric ester groups is 1. The lowest BCUT2D eigenvalue weighted by atomic mass is 10.0. The molecule has 3 unspecified atom stereocenters. The van der Waals surface area contributed by atoms with Crippen LogP contribution in [0.25, 0.3) is 0 Å². The minimum atomic E-state index is -4.70. The van der Waals surface area contributed by atoms with E-state index in [-0.39, 0.29) is 24.9 Å². The Morgan fingerprint density at radius 1 is 0.467 bits per heavy atom. The first kappa shape index (κ1) is 72.7. The molecule has 0 bridgehead atoms. The highest BCUT2D eigenvalue weighted by atomic mass is 31.2. The van der Waals surface area contributed by atoms with Gasteiger partial charge in [-0.05, 0) is 76.7 Å². The number of esters is 1. The summed E-state index contributed by atoms with van der Waals surface area (Å²) in [5.74, 6) is -0.546. The Hall–Kier alpha value is -2.29. The fourth-order valence-electron chi connectivity index (χ4n) is 9.04. The predicted octanol–water partition coefficient (Wildman–Crippen LogP) is 18.8. The Morgan fingerprint density at radius 2 is 0.813 bits per heavy atom. The van der Waals surface area contributed by atoms with E-state index in [4.69, 9.17) is 13.8 Å². The number of ether oxygens (including phenoxy) is 1. The summed E-state index contributed by atoms with van der Waals surface area (Å²) in [6, 6.07) is -0.891. The molecule has 0 spiro atoms. The van der Waals surface area contributed by atoms with Gasteiger partial charge in [0.25, 0.3) is 7.82 Å². The number of carbonyl (C=O) groups is 2. The fourth-order valence-corrected chi connectivity index (χ4v) is 9.76. The quantitative estimate of drug-likeness (QED) is 0.0212. The van der Waals surface area contributed by atoms with Crippen molar-refractivity contribution >= 4 is 19.7 Å². The lowest BCUT2D eigenvalue weighted by Crippen LogP contribution is -2.47. The summed E-state index contributed by atoms with van der Waals surface area (Å²) in [6.07, 6.45) is 69.0. The summed E-state index contributed by atoms with van der Waals surface area (Å²) < 4.78 is 30.3. The number of carbonyl (C=O) groups excluding carboxylic acids is 2. The highest BCUT2D eigenvalue weighted by Gasteiger charge is 2.27. The second-order valence-corrected chi connectivity index (χ2v) is 24.0. The molecule has 0 heterocycles. The summed E-state index contributed by atoms with van der Waals surface area (Å²) in [6.45, 7) is 6.82. The molecular formula is C65H121N2O7P. The first-order valence-electron chi connectivity index (χ1n) is 31.6. The van der Waals surface area contributed by atoms with Crippen LogP contribution in [0.5, 0.6) is 0 Å². The second-order valence-electron chi connectivity index (χ2n) is 22.6. The number of hydrogen-bond donors (Lipinski definition) is 1. The van der Waals surface area contributed by atoms with Crippen molar-refractivity contribution < 1.29 is 37.3 Å². The standard InChI is InChI=1S/C65H121N2O7P/c1-7-10-13-16-19-22-25-27-29-30-31-32-33-34-35-36-38-40-43-46-49-52-55-58-65(69)74-63(56-53-50-47-44-41-24-21-18-15-12-9-3)62(61-73-75(70,71)72-60-59-67(4,5)6)66-64(68)57-54-51-48-45-42-39-37-28-26-23-20-17-14-11-8-2/h19,22,27,29,31-32,34-35,53,56,62-63H,7-18,20-21,23-26,28,30,33,36-52,54-55,57-61H2,1-6H3,(H-,66,68,70,71)/b22-19-,29-27-,32-31-,35-34-,56-53+. The first-order valence-corrected chi connectivity index (χ1v) is 33.1. The van der Waals surface area contributed by atoms with Crippen LogP contribution in [0.2, 0.25) is 0 Å². The average molecular weight is 1070 g/mol. The third kappa shape index (κ3) is 56.2. The molecule has 0 radical (unpaired) electrons. The van der Waals surface area contributed by atoms with E-state index in [2.05, 4.69) is 74.7 Å². The van der Waals surface area contributed by atoms with Crippen molar-refractivity contribution in [2.24, 2.45) is 0 Å². The molecule has 0 aromatic rings. The molecule has 0 fully saturated rings. The van der Waals surface area contributed by atoms with Gasteiger partial charge in [0.15, 0.2) is 0 Å². The van der Waals surface area contributed by atoms with Crippen LogP contribution in [0.1, 0.15) is 290 Å². The van der Waals surface area contributed by atoms with Crippen molar-refractivity contribution in [1.29, 1.82) is 0 Å². The average Bonchev–Trinajstić information content (AvgIpc) is 3.37. The molecule has 0 aliphatic rings. The summed E-state index contributed by atoms with van der Waals surface area (Å²) in [4.78, 5) is 40.0. The maximum Gasteiger partial charge on any atom is 0.306 e. The maximum absolute atomic E-state index is 13.5. The van der Waals surface area contributed by atoms with E-state index in [1.807, 2.05) is 33.3 Å². The van der Waals surface area contributed by atoms with E-state index in [0.717, 1.165) is 89.9 Å². The van der Waals surface area contributed by atoms with E-state index >= 15 is 0 Å². The minimum absolute atomic E-state index is 0.0241. The van der Waals surface area contributed by atoms with E-state index < -0.39 is 26.6 Å². The molecule has 0 aromatic carbocycles. The largest absolute Gasteiger partial charge is 0.756 e. The number of rotatable bonds is 57. The number of unbranched alkanes of at least 4 members (excludes halogenated alkanes) is 33. The first-order chi connectivity index (χ1) is 36.4. The molecule has 0 saturated carbocycles. The Kier molecular flexibility index (Phi) is 53.4. The number of amides is 1. The van der Waals surface area contributed by atoms with Gasteiger partial charge in [0.2, 0.25) is 5.91 Å². The minimum Gasteiger partial charge on any atom is -0.756 e. The molecule has 10 heteroatoms. The van der Waals surface area contributed by atoms with Gasteiger partial charge < -0.3 is 28.5 Å². The van der Waals surface area contributed by atoms with Gasteiger partial charge in [-0.15, -0.1) is 0 Å². The highest BCUT2D eigenvalue weighted by molar-refractivity contribution is 7.45. The van der Waals surface area contributed by atoms with Crippen molar-refractivity contribution in [1.82, 2.24) is 5.32 Å². The molecule has 1 amide bonds. The summed E-state index contributed by atoms with van der Waals surface area (Å²) in [5, 5.41) is 3.03. The summed E-state index contributed by atoms with van der Waals surface area (Å²) >= 11 is 0. The summed E-state index contributed by atoms with van der Waals surface area (Å²) in [7, 11) is 1.18. The SMILES string of the molecule is CCCCC/C=C\C/C=C\C/C=C\C/C=C\CCCCCCCCCC(=O)OC(/C=C/CCCCCCCCCCC)C(COP(=O)([O-])OCC[N+](C)(C)C)NC(=O)CCCCCCCCCCCCCCCCC.